The fourth-order valence-corrected chi connectivity index (χ4v) is 3.19. The number of nitrogens with zero attached hydrogens (tertiary/aromatic N) is 2. The molecule has 0 radical (unpaired) electrons. The Labute approximate surface area is 139 Å². The van der Waals surface area contributed by atoms with Gasteiger partial charge in [-0.25, -0.2) is 0 Å². The molecule has 21 heavy (non-hydrogen) atoms. The molecule has 0 aliphatic rings. The molecule has 1 N–H and O–H groups in total. The van der Waals surface area contributed by atoms with Gasteiger partial charge in [0.1, 0.15) is 0 Å². The first-order valence-electron chi connectivity index (χ1n) is 8.08. The molecule has 1 rings (SSSR count). The number of hydrogen-bond acceptors (Lipinski definition) is 2. The van der Waals surface area contributed by atoms with Crippen LogP contribution in [0.3, 0.4) is 0 Å². The van der Waals surface area contributed by atoms with Crippen LogP contribution < -0.4 is 5.32 Å². The molecule has 1 heterocycles. The van der Waals surface area contributed by atoms with Crippen molar-refractivity contribution >= 4 is 15.9 Å². The minimum atomic E-state index is 0.160. The van der Waals surface area contributed by atoms with Gasteiger partial charge in [0, 0.05) is 18.6 Å². The van der Waals surface area contributed by atoms with Gasteiger partial charge in [-0.2, -0.15) is 5.10 Å². The van der Waals surface area contributed by atoms with E-state index in [1.54, 1.807) is 0 Å². The van der Waals surface area contributed by atoms with Crippen LogP contribution in [0, 0.1) is 12.3 Å². The predicted molar refractivity (Wildman–Crippen MR) is 94.8 cm³/mol. The molecule has 0 bridgehead atoms. The molecule has 0 aliphatic carbocycles. The van der Waals surface area contributed by atoms with E-state index >= 15 is 0 Å². The van der Waals surface area contributed by atoms with E-state index in [1.807, 2.05) is 0 Å². The largest absolute Gasteiger partial charge is 0.312 e. The first-order valence-corrected chi connectivity index (χ1v) is 8.88. The lowest BCUT2D eigenvalue weighted by molar-refractivity contribution is 0.238. The molecule has 0 spiro atoms. The Morgan fingerprint density at radius 1 is 1.19 bits per heavy atom. The van der Waals surface area contributed by atoms with Crippen molar-refractivity contribution in [3.05, 3.63) is 15.9 Å². The fourth-order valence-electron chi connectivity index (χ4n) is 2.76. The minimum Gasteiger partial charge on any atom is -0.312 e. The summed E-state index contributed by atoms with van der Waals surface area (Å²) in [4.78, 5) is 0. The van der Waals surface area contributed by atoms with Gasteiger partial charge in [0.25, 0.3) is 0 Å². The van der Waals surface area contributed by atoms with E-state index in [0.717, 1.165) is 25.2 Å². The van der Waals surface area contributed by atoms with Gasteiger partial charge in [-0.15, -0.1) is 0 Å². The van der Waals surface area contributed by atoms with Crippen LogP contribution in [0.1, 0.15) is 65.8 Å². The maximum absolute atomic E-state index is 4.63. The van der Waals surface area contributed by atoms with Crippen molar-refractivity contribution in [2.75, 3.05) is 6.54 Å². The lowest BCUT2D eigenvalue weighted by atomic mass is 9.80. The summed E-state index contributed by atoms with van der Waals surface area (Å²) in [6.07, 6.45) is 3.48. The molecule has 0 aromatic carbocycles. The van der Waals surface area contributed by atoms with E-state index in [-0.39, 0.29) is 11.0 Å². The molecule has 0 aliphatic heterocycles. The molecule has 1 unspecified atom stereocenters. The summed E-state index contributed by atoms with van der Waals surface area (Å²) < 4.78 is 3.33. The van der Waals surface area contributed by atoms with E-state index in [9.17, 15) is 0 Å². The van der Waals surface area contributed by atoms with Crippen molar-refractivity contribution in [1.82, 2.24) is 15.1 Å². The van der Waals surface area contributed by atoms with Crippen LogP contribution in [0.5, 0.6) is 0 Å². The highest BCUT2D eigenvalue weighted by Gasteiger charge is 2.28. The predicted octanol–water partition coefficient (Wildman–Crippen LogP) is 4.71. The van der Waals surface area contributed by atoms with Gasteiger partial charge in [-0.05, 0) is 68.8 Å². The molecule has 122 valence electrons. The minimum absolute atomic E-state index is 0.160. The summed E-state index contributed by atoms with van der Waals surface area (Å²) in [5, 5.41) is 8.32. The van der Waals surface area contributed by atoms with Crippen molar-refractivity contribution in [1.29, 1.82) is 0 Å². The first kappa shape index (κ1) is 18.7. The van der Waals surface area contributed by atoms with Crippen molar-refractivity contribution < 1.29 is 0 Å². The topological polar surface area (TPSA) is 29.9 Å². The zero-order valence-electron chi connectivity index (χ0n) is 14.8. The van der Waals surface area contributed by atoms with Crippen LogP contribution in [-0.4, -0.2) is 21.9 Å². The number of rotatable bonds is 7. The lowest BCUT2D eigenvalue weighted by Crippen LogP contribution is -2.44. The lowest BCUT2D eigenvalue weighted by Gasteiger charge is -2.34. The standard InChI is InChI=1S/C17H32BrN3/c1-8-10-17(7,12-19-16(4,5)6)11-14-15(18)13(3)20-21(14)9-2/h19H,8-12H2,1-7H3. The second-order valence-electron chi connectivity index (χ2n) is 7.50. The Morgan fingerprint density at radius 2 is 1.81 bits per heavy atom. The third kappa shape index (κ3) is 5.41. The van der Waals surface area contributed by atoms with Crippen molar-refractivity contribution in [3.8, 4) is 0 Å². The molecule has 4 heteroatoms. The summed E-state index contributed by atoms with van der Waals surface area (Å²) in [5.74, 6) is 0. The van der Waals surface area contributed by atoms with Crippen molar-refractivity contribution in [2.24, 2.45) is 5.41 Å². The average Bonchev–Trinajstić information content (AvgIpc) is 2.64. The number of hydrogen-bond donors (Lipinski definition) is 1. The van der Waals surface area contributed by atoms with Crippen LogP contribution >= 0.6 is 15.9 Å². The summed E-state index contributed by atoms with van der Waals surface area (Å²) in [5.41, 5.74) is 2.84. The van der Waals surface area contributed by atoms with E-state index in [2.05, 4.69) is 79.5 Å². The molecular formula is C17H32BrN3. The van der Waals surface area contributed by atoms with Crippen LogP contribution in [-0.2, 0) is 13.0 Å². The molecule has 1 aromatic rings. The summed E-state index contributed by atoms with van der Waals surface area (Å²) in [6, 6.07) is 0. The molecule has 0 saturated heterocycles. The van der Waals surface area contributed by atoms with Gasteiger partial charge in [-0.1, -0.05) is 20.3 Å². The SMILES string of the molecule is CCCC(C)(CNC(C)(C)C)Cc1c(Br)c(C)nn1CC. The Kier molecular flexibility index (Phi) is 6.48. The molecule has 0 saturated carbocycles. The quantitative estimate of drug-likeness (QED) is 0.765. The van der Waals surface area contributed by atoms with E-state index in [1.165, 1.54) is 23.0 Å². The zero-order valence-corrected chi connectivity index (χ0v) is 16.4. The maximum atomic E-state index is 4.63. The summed E-state index contributed by atoms with van der Waals surface area (Å²) in [6.45, 7) is 17.6. The van der Waals surface area contributed by atoms with Crippen LogP contribution in [0.2, 0.25) is 0 Å². The molecule has 3 nitrogen and oxygen atoms in total. The number of halogens is 1. The second kappa shape index (κ2) is 7.28. The van der Waals surface area contributed by atoms with Gasteiger partial charge < -0.3 is 5.32 Å². The average molecular weight is 358 g/mol. The maximum Gasteiger partial charge on any atom is 0.0738 e. The van der Waals surface area contributed by atoms with Crippen LogP contribution in [0.4, 0.5) is 0 Å². The van der Waals surface area contributed by atoms with Gasteiger partial charge in [0.15, 0.2) is 0 Å². The molecule has 0 amide bonds. The molecule has 1 atom stereocenters. The Hall–Kier alpha value is -0.350. The summed E-state index contributed by atoms with van der Waals surface area (Å²) >= 11 is 3.73. The normalized spacial score (nSPS) is 15.2. The van der Waals surface area contributed by atoms with Crippen LogP contribution in [0.15, 0.2) is 4.47 Å². The van der Waals surface area contributed by atoms with Gasteiger partial charge in [0.05, 0.1) is 15.9 Å². The Bertz CT molecular complexity index is 459. The van der Waals surface area contributed by atoms with Gasteiger partial charge >= 0.3 is 0 Å². The highest BCUT2D eigenvalue weighted by atomic mass is 79.9. The Morgan fingerprint density at radius 3 is 2.29 bits per heavy atom. The Balaban J connectivity index is 2.97. The number of aryl methyl sites for hydroxylation is 2. The fraction of sp³-hybridized carbons (Fsp3) is 0.824. The highest BCUT2D eigenvalue weighted by molar-refractivity contribution is 9.10. The second-order valence-corrected chi connectivity index (χ2v) is 8.30. The van der Waals surface area contributed by atoms with E-state index in [0.29, 0.717) is 0 Å². The van der Waals surface area contributed by atoms with Gasteiger partial charge in [0.2, 0.25) is 0 Å². The highest BCUT2D eigenvalue weighted by Crippen LogP contribution is 2.32. The first-order chi connectivity index (χ1) is 9.62. The third-order valence-corrected chi connectivity index (χ3v) is 4.98. The monoisotopic (exact) mass is 357 g/mol. The zero-order chi connectivity index (χ0) is 16.3. The molecular weight excluding hydrogens is 326 g/mol. The smallest absolute Gasteiger partial charge is 0.0738 e. The molecule has 0 fully saturated rings. The molecule has 1 aromatic heterocycles. The van der Waals surface area contributed by atoms with E-state index < -0.39 is 0 Å². The van der Waals surface area contributed by atoms with E-state index in [4.69, 9.17) is 0 Å². The van der Waals surface area contributed by atoms with Crippen LogP contribution in [0.25, 0.3) is 0 Å². The third-order valence-electron chi connectivity index (χ3n) is 3.95. The number of aromatic nitrogens is 2. The van der Waals surface area contributed by atoms with Crippen molar-refractivity contribution in [2.45, 2.75) is 79.8 Å². The number of nitrogens with one attached hydrogen (secondary N) is 1. The van der Waals surface area contributed by atoms with Gasteiger partial charge in [-0.3, -0.25) is 4.68 Å². The summed E-state index contributed by atoms with van der Waals surface area (Å²) in [7, 11) is 0. The van der Waals surface area contributed by atoms with Crippen molar-refractivity contribution in [3.63, 3.8) is 0 Å².